The van der Waals surface area contributed by atoms with Gasteiger partial charge in [0.15, 0.2) is 11.6 Å². The predicted molar refractivity (Wildman–Crippen MR) is 143 cm³/mol. The third-order valence-corrected chi connectivity index (χ3v) is 13.3. The second kappa shape index (κ2) is 7.80. The zero-order chi connectivity index (χ0) is 27.8. The van der Waals surface area contributed by atoms with Gasteiger partial charge >= 0.3 is 0 Å². The summed E-state index contributed by atoms with van der Waals surface area (Å²) >= 11 is 0. The fourth-order valence-corrected chi connectivity index (χ4v) is 10.9. The molecule has 2 aliphatic heterocycles. The molecular formula is C32H48O6. The lowest BCUT2D eigenvalue weighted by Crippen LogP contribution is -2.64. The lowest BCUT2D eigenvalue weighted by atomic mass is 9.38. The molecule has 11 unspecified atom stereocenters. The van der Waals surface area contributed by atoms with Crippen LogP contribution in [0, 0.1) is 45.3 Å². The Morgan fingerprint density at radius 3 is 2.29 bits per heavy atom. The maximum absolute atomic E-state index is 14.6. The summed E-state index contributed by atoms with van der Waals surface area (Å²) in [6.45, 7) is 17.5. The van der Waals surface area contributed by atoms with Crippen molar-refractivity contribution >= 4 is 11.6 Å². The van der Waals surface area contributed by atoms with Crippen molar-refractivity contribution in [3.05, 3.63) is 11.6 Å². The maximum atomic E-state index is 14.6. The number of carbonyl (C=O) groups excluding carboxylic acids is 2. The Morgan fingerprint density at radius 2 is 1.66 bits per heavy atom. The van der Waals surface area contributed by atoms with Crippen molar-refractivity contribution in [2.24, 2.45) is 45.3 Å². The van der Waals surface area contributed by atoms with Crippen LogP contribution < -0.4 is 0 Å². The Kier molecular flexibility index (Phi) is 5.57. The molecule has 0 aromatic rings. The third kappa shape index (κ3) is 2.94. The third-order valence-electron chi connectivity index (χ3n) is 13.3. The van der Waals surface area contributed by atoms with E-state index in [1.807, 2.05) is 13.8 Å². The van der Waals surface area contributed by atoms with Crippen LogP contribution in [0.1, 0.15) is 87.5 Å². The Hall–Kier alpha value is -1.08. The molecule has 11 atom stereocenters. The fraction of sp³-hybridized carbons (Fsp3) is 0.875. The highest BCUT2D eigenvalue weighted by Gasteiger charge is 2.76. The number of allylic oxidation sites excluding steroid dienone is 2. The molecule has 0 amide bonds. The van der Waals surface area contributed by atoms with E-state index in [-0.39, 0.29) is 52.5 Å². The molecule has 2 saturated heterocycles. The highest BCUT2D eigenvalue weighted by molar-refractivity contribution is 5.94. The zero-order valence-corrected chi connectivity index (χ0v) is 25.1. The van der Waals surface area contributed by atoms with E-state index in [2.05, 4.69) is 47.6 Å². The van der Waals surface area contributed by atoms with E-state index in [0.29, 0.717) is 18.6 Å². The molecule has 6 heteroatoms. The lowest BCUT2D eigenvalue weighted by molar-refractivity contribution is -0.287. The van der Waals surface area contributed by atoms with Crippen molar-refractivity contribution in [1.82, 2.24) is 0 Å². The SMILES string of the molecule is COC1CC2C(=CCC3C2(C)C(=O)CC2(C)C4C(CC32C)OC2CC(OC)(OC2(C)C)C4C)C(C)(C)C1=O. The first-order valence-corrected chi connectivity index (χ1v) is 14.8. The van der Waals surface area contributed by atoms with Gasteiger partial charge in [-0.05, 0) is 75.5 Å². The summed E-state index contributed by atoms with van der Waals surface area (Å²) in [7, 11) is 3.39. The van der Waals surface area contributed by atoms with Gasteiger partial charge in [0, 0.05) is 43.8 Å². The molecule has 5 fully saturated rings. The van der Waals surface area contributed by atoms with Crippen molar-refractivity contribution in [1.29, 1.82) is 0 Å². The molecule has 0 spiro atoms. The van der Waals surface area contributed by atoms with Crippen LogP contribution in [0.2, 0.25) is 0 Å². The zero-order valence-electron chi connectivity index (χ0n) is 25.1. The molecule has 6 aliphatic rings. The largest absolute Gasteiger partial charge is 0.374 e. The number of fused-ring (bicyclic) bond motifs is 9. The lowest BCUT2D eigenvalue weighted by Gasteiger charge is -2.64. The van der Waals surface area contributed by atoms with Gasteiger partial charge in [0.05, 0.1) is 17.8 Å². The minimum absolute atomic E-state index is 0.0142. The topological polar surface area (TPSA) is 71.1 Å². The van der Waals surface area contributed by atoms with Gasteiger partial charge in [-0.3, -0.25) is 9.59 Å². The molecule has 3 saturated carbocycles. The van der Waals surface area contributed by atoms with Crippen LogP contribution >= 0.6 is 0 Å². The number of carbonyl (C=O) groups is 2. The average Bonchev–Trinajstić information content (AvgIpc) is 3.17. The van der Waals surface area contributed by atoms with E-state index in [4.69, 9.17) is 18.9 Å². The summed E-state index contributed by atoms with van der Waals surface area (Å²) in [5, 5.41) is 0. The summed E-state index contributed by atoms with van der Waals surface area (Å²) in [5.74, 6) is 0.204. The van der Waals surface area contributed by atoms with Crippen LogP contribution in [-0.2, 0) is 28.5 Å². The second-order valence-corrected chi connectivity index (χ2v) is 15.3. The first-order chi connectivity index (χ1) is 17.5. The quantitative estimate of drug-likeness (QED) is 0.440. The second-order valence-electron chi connectivity index (χ2n) is 15.3. The van der Waals surface area contributed by atoms with Crippen molar-refractivity contribution in [3.63, 3.8) is 0 Å². The number of Topliss-reactive ketones (excluding diaryl/α,β-unsaturated/α-hetero) is 2. The van der Waals surface area contributed by atoms with Gasteiger partial charge in [0.2, 0.25) is 0 Å². The van der Waals surface area contributed by atoms with Crippen molar-refractivity contribution < 1.29 is 28.5 Å². The number of ether oxygens (including phenoxy) is 4. The maximum Gasteiger partial charge on any atom is 0.174 e. The molecule has 0 aromatic heterocycles. The Labute approximate surface area is 228 Å². The van der Waals surface area contributed by atoms with Gasteiger partial charge in [-0.25, -0.2) is 0 Å². The molecule has 0 radical (unpaired) electrons. The van der Waals surface area contributed by atoms with Gasteiger partial charge in [0.1, 0.15) is 11.9 Å². The summed E-state index contributed by atoms with van der Waals surface area (Å²) in [6, 6.07) is 0. The normalized spacial score (nSPS) is 54.4. The van der Waals surface area contributed by atoms with Gasteiger partial charge in [-0.2, -0.15) is 0 Å². The average molecular weight is 529 g/mol. The van der Waals surface area contributed by atoms with Gasteiger partial charge < -0.3 is 18.9 Å². The molecule has 0 N–H and O–H groups in total. The van der Waals surface area contributed by atoms with E-state index in [9.17, 15) is 9.59 Å². The number of rotatable bonds is 2. The fourth-order valence-electron chi connectivity index (χ4n) is 10.9. The monoisotopic (exact) mass is 528 g/mol. The number of hydrogen-bond acceptors (Lipinski definition) is 6. The Bertz CT molecular complexity index is 1110. The molecule has 0 aromatic carbocycles. The van der Waals surface area contributed by atoms with Crippen molar-refractivity contribution in [2.45, 2.75) is 117 Å². The summed E-state index contributed by atoms with van der Waals surface area (Å²) < 4.78 is 25.6. The number of ketones is 2. The van der Waals surface area contributed by atoms with E-state index in [1.165, 1.54) is 0 Å². The van der Waals surface area contributed by atoms with Crippen LogP contribution in [-0.4, -0.2) is 55.5 Å². The predicted octanol–water partition coefficient (Wildman–Crippen LogP) is 5.52. The highest BCUT2D eigenvalue weighted by atomic mass is 16.7. The van der Waals surface area contributed by atoms with Crippen LogP contribution in [0.3, 0.4) is 0 Å². The molecule has 38 heavy (non-hydrogen) atoms. The van der Waals surface area contributed by atoms with E-state index in [1.54, 1.807) is 14.2 Å². The van der Waals surface area contributed by atoms with Crippen LogP contribution in [0.4, 0.5) is 0 Å². The minimum Gasteiger partial charge on any atom is -0.374 e. The van der Waals surface area contributed by atoms with Crippen LogP contribution in [0.25, 0.3) is 0 Å². The van der Waals surface area contributed by atoms with Crippen molar-refractivity contribution in [2.75, 3.05) is 14.2 Å². The summed E-state index contributed by atoms with van der Waals surface area (Å²) in [4.78, 5) is 27.9. The molecular weight excluding hydrogens is 480 g/mol. The smallest absolute Gasteiger partial charge is 0.174 e. The van der Waals surface area contributed by atoms with Crippen LogP contribution in [0.5, 0.6) is 0 Å². The molecule has 4 aliphatic carbocycles. The first kappa shape index (κ1) is 27.1. The summed E-state index contributed by atoms with van der Waals surface area (Å²) in [6.07, 6.45) is 5.47. The van der Waals surface area contributed by atoms with Crippen molar-refractivity contribution in [3.8, 4) is 0 Å². The number of methoxy groups -OCH3 is 2. The molecule has 6 nitrogen and oxygen atoms in total. The van der Waals surface area contributed by atoms with E-state index in [0.717, 1.165) is 24.8 Å². The standard InChI is InChI=1S/C32H48O6/c1-17-25-21(37-24-16-32(17,36-10)38-28(24,4)5)14-29(6)22-12-11-18-19(13-20(35-9)26(34)27(18,2)3)31(22,8)23(33)15-30(25,29)7/h11,17,19-22,24-25H,12-16H2,1-10H3. The molecule has 2 bridgehead atoms. The summed E-state index contributed by atoms with van der Waals surface area (Å²) in [5.41, 5.74) is -0.774. The van der Waals surface area contributed by atoms with Gasteiger partial charge in [0.25, 0.3) is 0 Å². The molecule has 2 heterocycles. The van der Waals surface area contributed by atoms with E-state index >= 15 is 0 Å². The molecule has 6 rings (SSSR count). The molecule has 212 valence electrons. The number of hydrogen-bond donors (Lipinski definition) is 0. The van der Waals surface area contributed by atoms with Gasteiger partial charge in [-0.1, -0.05) is 39.3 Å². The van der Waals surface area contributed by atoms with Crippen LogP contribution in [0.15, 0.2) is 11.6 Å². The Balaban J connectivity index is 1.46. The highest BCUT2D eigenvalue weighted by Crippen LogP contribution is 2.75. The first-order valence-electron chi connectivity index (χ1n) is 14.8. The Morgan fingerprint density at radius 1 is 0.974 bits per heavy atom. The minimum atomic E-state index is -0.704. The van der Waals surface area contributed by atoms with E-state index < -0.39 is 28.3 Å². The van der Waals surface area contributed by atoms with Gasteiger partial charge in [-0.15, -0.1) is 0 Å².